The van der Waals surface area contributed by atoms with Gasteiger partial charge in [-0.05, 0) is 17.7 Å². The Morgan fingerprint density at radius 2 is 1.86 bits per heavy atom. The quantitative estimate of drug-likeness (QED) is 0.505. The number of aliphatic hydroxyl groups excluding tert-OH is 2. The van der Waals surface area contributed by atoms with Gasteiger partial charge in [-0.1, -0.05) is 6.07 Å². The number of hydrogen-bond acceptors (Lipinski definition) is 5. The molecular weight excluding hydrogens is 188 g/mol. The summed E-state index contributed by atoms with van der Waals surface area (Å²) in [6.07, 6.45) is -3.27. The van der Waals surface area contributed by atoms with E-state index in [9.17, 15) is 10.2 Å². The maximum Gasteiger partial charge on any atom is 0.182 e. The van der Waals surface area contributed by atoms with Gasteiger partial charge in [0.1, 0.15) is 6.10 Å². The van der Waals surface area contributed by atoms with Gasteiger partial charge in [0.15, 0.2) is 17.8 Å². The smallest absolute Gasteiger partial charge is 0.182 e. The minimum atomic E-state index is -1.86. The Labute approximate surface area is 80.8 Å². The third-order valence-corrected chi connectivity index (χ3v) is 1.83. The van der Waals surface area contributed by atoms with Crippen molar-refractivity contribution in [1.29, 1.82) is 0 Å². The number of hydrogen-bond donors (Lipinski definition) is 4. The normalized spacial score (nSPS) is 12.9. The average Bonchev–Trinajstić information content (AvgIpc) is 2.17. The van der Waals surface area contributed by atoms with Crippen LogP contribution in [0.3, 0.4) is 0 Å². The molecule has 0 saturated heterocycles. The molecule has 4 N–H and O–H groups in total. The lowest BCUT2D eigenvalue weighted by atomic mass is 10.1. The molecule has 1 rings (SSSR count). The Balaban J connectivity index is 3.00. The molecule has 0 radical (unpaired) electrons. The molecule has 0 spiro atoms. The minimum absolute atomic E-state index is 0.0733. The van der Waals surface area contributed by atoms with Gasteiger partial charge < -0.3 is 25.2 Å². The van der Waals surface area contributed by atoms with Crippen molar-refractivity contribution in [2.24, 2.45) is 0 Å². The molecule has 0 amide bonds. The third-order valence-electron chi connectivity index (χ3n) is 1.83. The highest BCUT2D eigenvalue weighted by Crippen LogP contribution is 2.29. The van der Waals surface area contributed by atoms with Crippen LogP contribution in [0, 0.1) is 0 Å². The number of methoxy groups -OCH3 is 1. The average molecular weight is 200 g/mol. The molecule has 0 fully saturated rings. The van der Waals surface area contributed by atoms with Crippen molar-refractivity contribution in [3.8, 4) is 11.5 Å². The maximum absolute atomic E-state index is 9.27. The van der Waals surface area contributed by atoms with Gasteiger partial charge in [0, 0.05) is 0 Å². The summed E-state index contributed by atoms with van der Waals surface area (Å²) >= 11 is 0. The molecule has 14 heavy (non-hydrogen) atoms. The van der Waals surface area contributed by atoms with Gasteiger partial charge in [0.25, 0.3) is 0 Å². The molecule has 0 aromatic heterocycles. The standard InChI is InChI=1S/C9H12O5/c1-14-7-4-5(2-3-6(7)10)8(11)9(12)13/h2-4,8-13H,1H3. The lowest BCUT2D eigenvalue weighted by molar-refractivity contribution is -0.123. The first-order chi connectivity index (χ1) is 6.56. The molecule has 5 nitrogen and oxygen atoms in total. The van der Waals surface area contributed by atoms with E-state index in [4.69, 9.17) is 14.9 Å². The Hall–Kier alpha value is -1.30. The summed E-state index contributed by atoms with van der Waals surface area (Å²) in [5.74, 6) is 0.0954. The highest BCUT2D eigenvalue weighted by molar-refractivity contribution is 5.42. The second kappa shape index (κ2) is 4.28. The van der Waals surface area contributed by atoms with Crippen LogP contribution in [0.25, 0.3) is 0 Å². The van der Waals surface area contributed by atoms with Crippen LogP contribution in [0.5, 0.6) is 11.5 Å². The zero-order valence-corrected chi connectivity index (χ0v) is 7.58. The monoisotopic (exact) mass is 200 g/mol. The third kappa shape index (κ3) is 2.14. The van der Waals surface area contributed by atoms with E-state index in [0.29, 0.717) is 0 Å². The van der Waals surface area contributed by atoms with Crippen molar-refractivity contribution in [3.05, 3.63) is 23.8 Å². The van der Waals surface area contributed by atoms with Crippen LogP contribution in [-0.4, -0.2) is 33.8 Å². The number of benzene rings is 1. The first kappa shape index (κ1) is 10.8. The molecule has 0 saturated carbocycles. The zero-order valence-electron chi connectivity index (χ0n) is 7.58. The molecular formula is C9H12O5. The second-order valence-electron chi connectivity index (χ2n) is 2.79. The Morgan fingerprint density at radius 1 is 1.21 bits per heavy atom. The van der Waals surface area contributed by atoms with Crippen molar-refractivity contribution in [2.45, 2.75) is 12.4 Å². The van der Waals surface area contributed by atoms with Crippen molar-refractivity contribution >= 4 is 0 Å². The number of rotatable bonds is 3. The van der Waals surface area contributed by atoms with Crippen LogP contribution in [0.15, 0.2) is 18.2 Å². The number of aromatic hydroxyl groups is 1. The molecule has 0 bridgehead atoms. The topological polar surface area (TPSA) is 90.2 Å². The fraction of sp³-hybridized carbons (Fsp3) is 0.333. The van der Waals surface area contributed by atoms with E-state index in [0.717, 1.165) is 0 Å². The molecule has 0 aliphatic rings. The molecule has 0 aliphatic heterocycles. The van der Waals surface area contributed by atoms with Crippen molar-refractivity contribution in [1.82, 2.24) is 0 Å². The van der Waals surface area contributed by atoms with E-state index in [1.54, 1.807) is 0 Å². The van der Waals surface area contributed by atoms with Crippen LogP contribution in [0.2, 0.25) is 0 Å². The van der Waals surface area contributed by atoms with Crippen molar-refractivity contribution in [3.63, 3.8) is 0 Å². The van der Waals surface area contributed by atoms with Gasteiger partial charge >= 0.3 is 0 Å². The molecule has 1 unspecified atom stereocenters. The number of aliphatic hydroxyl groups is 3. The lowest BCUT2D eigenvalue weighted by Gasteiger charge is -2.14. The molecule has 1 aromatic rings. The predicted molar refractivity (Wildman–Crippen MR) is 47.8 cm³/mol. The first-order valence-corrected chi connectivity index (χ1v) is 3.97. The molecule has 0 aliphatic carbocycles. The van der Waals surface area contributed by atoms with Crippen LogP contribution in [0.1, 0.15) is 11.7 Å². The SMILES string of the molecule is COc1cc(C(O)C(O)O)ccc1O. The van der Waals surface area contributed by atoms with E-state index in [-0.39, 0.29) is 17.1 Å². The van der Waals surface area contributed by atoms with Crippen LogP contribution in [0.4, 0.5) is 0 Å². The lowest BCUT2D eigenvalue weighted by Crippen LogP contribution is -2.16. The van der Waals surface area contributed by atoms with Gasteiger partial charge in [0.2, 0.25) is 0 Å². The van der Waals surface area contributed by atoms with Gasteiger partial charge in [-0.2, -0.15) is 0 Å². The van der Waals surface area contributed by atoms with Gasteiger partial charge in [-0.25, -0.2) is 0 Å². The zero-order chi connectivity index (χ0) is 10.7. The molecule has 1 atom stereocenters. The van der Waals surface area contributed by atoms with E-state index in [1.165, 1.54) is 25.3 Å². The number of phenols is 1. The molecule has 0 heterocycles. The second-order valence-corrected chi connectivity index (χ2v) is 2.79. The van der Waals surface area contributed by atoms with Gasteiger partial charge in [0.05, 0.1) is 7.11 Å². The highest BCUT2D eigenvalue weighted by atomic mass is 16.5. The summed E-state index contributed by atoms with van der Waals surface area (Å²) in [7, 11) is 1.36. The first-order valence-electron chi connectivity index (χ1n) is 3.97. The summed E-state index contributed by atoms with van der Waals surface area (Å²) in [6.45, 7) is 0. The van der Waals surface area contributed by atoms with E-state index in [1.807, 2.05) is 0 Å². The summed E-state index contributed by atoms with van der Waals surface area (Å²) in [4.78, 5) is 0. The van der Waals surface area contributed by atoms with Crippen LogP contribution in [-0.2, 0) is 0 Å². The predicted octanol–water partition coefficient (Wildman–Crippen LogP) is -0.255. The van der Waals surface area contributed by atoms with Crippen molar-refractivity contribution in [2.75, 3.05) is 7.11 Å². The van der Waals surface area contributed by atoms with E-state index >= 15 is 0 Å². The van der Waals surface area contributed by atoms with Crippen molar-refractivity contribution < 1.29 is 25.2 Å². The van der Waals surface area contributed by atoms with Crippen LogP contribution < -0.4 is 4.74 Å². The van der Waals surface area contributed by atoms with Gasteiger partial charge in [-0.3, -0.25) is 0 Å². The Bertz CT molecular complexity index is 310. The van der Waals surface area contributed by atoms with Crippen LogP contribution >= 0.6 is 0 Å². The van der Waals surface area contributed by atoms with E-state index < -0.39 is 12.4 Å². The summed E-state index contributed by atoms with van der Waals surface area (Å²) in [5, 5.41) is 35.9. The number of ether oxygens (including phenoxy) is 1. The summed E-state index contributed by atoms with van der Waals surface area (Å²) in [6, 6.07) is 4.02. The largest absolute Gasteiger partial charge is 0.504 e. The Kier molecular flexibility index (Phi) is 3.29. The highest BCUT2D eigenvalue weighted by Gasteiger charge is 2.16. The van der Waals surface area contributed by atoms with Gasteiger partial charge in [-0.15, -0.1) is 0 Å². The summed E-state index contributed by atoms with van der Waals surface area (Å²) in [5.41, 5.74) is 0.259. The molecule has 1 aromatic carbocycles. The fourth-order valence-corrected chi connectivity index (χ4v) is 1.05. The molecule has 5 heteroatoms. The molecule has 78 valence electrons. The Morgan fingerprint density at radius 3 is 2.36 bits per heavy atom. The maximum atomic E-state index is 9.27. The summed E-state index contributed by atoms with van der Waals surface area (Å²) < 4.78 is 4.79. The minimum Gasteiger partial charge on any atom is -0.504 e. The number of phenolic OH excluding ortho intramolecular Hbond substituents is 1. The van der Waals surface area contributed by atoms with E-state index in [2.05, 4.69) is 0 Å². The fourth-order valence-electron chi connectivity index (χ4n) is 1.05.